The van der Waals surface area contributed by atoms with E-state index in [0.717, 1.165) is 12.3 Å². The van der Waals surface area contributed by atoms with Crippen molar-refractivity contribution in [3.8, 4) is 0 Å². The van der Waals surface area contributed by atoms with Crippen molar-refractivity contribution in [3.63, 3.8) is 0 Å². The Hall–Kier alpha value is -0.260. The normalized spacial score (nSPS) is 13.0. The lowest BCUT2D eigenvalue weighted by molar-refractivity contribution is -0.121. The lowest BCUT2D eigenvalue weighted by Gasteiger charge is -2.23. The third-order valence-corrected chi connectivity index (χ3v) is 2.83. The topological polar surface area (TPSA) is 58.4 Å². The third-order valence-electron chi connectivity index (χ3n) is 2.01. The second-order valence-corrected chi connectivity index (χ2v) is 4.01. The van der Waals surface area contributed by atoms with E-state index in [2.05, 4.69) is 23.5 Å². The van der Waals surface area contributed by atoms with Crippen LogP contribution in [0.3, 0.4) is 0 Å². The Morgan fingerprint density at radius 1 is 1.69 bits per heavy atom. The monoisotopic (exact) mass is 205 g/mol. The fourth-order valence-corrected chi connectivity index (χ4v) is 1.68. The van der Waals surface area contributed by atoms with Crippen LogP contribution in [0.4, 0.5) is 0 Å². The smallest absolute Gasteiger partial charge is 0.235 e. The van der Waals surface area contributed by atoms with E-state index < -0.39 is 0 Å². The maximum absolute atomic E-state index is 10.8. The van der Waals surface area contributed by atoms with Crippen molar-refractivity contribution in [2.45, 2.75) is 19.4 Å². The molecule has 0 aromatic heterocycles. The summed E-state index contributed by atoms with van der Waals surface area (Å²) in [5.41, 5.74) is 2.12. The molecule has 0 saturated heterocycles. The highest BCUT2D eigenvalue weighted by Gasteiger charge is 2.09. The van der Waals surface area contributed by atoms with Crippen LogP contribution in [0, 0.1) is 0 Å². The van der Waals surface area contributed by atoms with Gasteiger partial charge in [0.1, 0.15) is 0 Å². The summed E-state index contributed by atoms with van der Waals surface area (Å²) in [6.07, 6.45) is 2.54. The largest absolute Gasteiger partial charge is 0.302 e. The zero-order chi connectivity index (χ0) is 10.3. The molecule has 5 heteroatoms. The third kappa shape index (κ3) is 5.90. The van der Waals surface area contributed by atoms with Crippen LogP contribution in [0.5, 0.6) is 0 Å². The highest BCUT2D eigenvalue weighted by atomic mass is 32.2. The zero-order valence-corrected chi connectivity index (χ0v) is 9.36. The Bertz CT molecular complexity index is 154. The standard InChI is InChI=1S/C8H19N3OS/c1-7(6-13-3)11(2)5-4-8(12)10-9/h7H,4-6,9H2,1-3H3,(H,10,12). The molecule has 0 aliphatic heterocycles. The van der Waals surface area contributed by atoms with Crippen molar-refractivity contribution >= 4 is 17.7 Å². The van der Waals surface area contributed by atoms with Gasteiger partial charge in [-0.3, -0.25) is 10.2 Å². The molecule has 0 aromatic carbocycles. The molecule has 0 aromatic rings. The quantitative estimate of drug-likeness (QED) is 0.365. The summed E-state index contributed by atoms with van der Waals surface area (Å²) in [4.78, 5) is 13.0. The van der Waals surface area contributed by atoms with Crippen LogP contribution >= 0.6 is 11.8 Å². The van der Waals surface area contributed by atoms with Crippen LogP contribution in [0.2, 0.25) is 0 Å². The first-order valence-electron chi connectivity index (χ1n) is 4.30. The van der Waals surface area contributed by atoms with Gasteiger partial charge in [-0.25, -0.2) is 5.84 Å². The fraction of sp³-hybridized carbons (Fsp3) is 0.875. The van der Waals surface area contributed by atoms with E-state index in [1.165, 1.54) is 0 Å². The number of carbonyl (C=O) groups is 1. The van der Waals surface area contributed by atoms with Gasteiger partial charge >= 0.3 is 0 Å². The number of rotatable bonds is 6. The number of thioether (sulfide) groups is 1. The molecule has 0 rings (SSSR count). The summed E-state index contributed by atoms with van der Waals surface area (Å²) in [7, 11) is 2.02. The molecule has 78 valence electrons. The van der Waals surface area contributed by atoms with Crippen LogP contribution in [0.25, 0.3) is 0 Å². The molecule has 0 saturated carbocycles. The number of nitrogens with one attached hydrogen (secondary N) is 1. The molecule has 13 heavy (non-hydrogen) atoms. The van der Waals surface area contributed by atoms with E-state index in [1.54, 1.807) is 0 Å². The molecule has 1 amide bonds. The Morgan fingerprint density at radius 2 is 2.31 bits per heavy atom. The first-order valence-corrected chi connectivity index (χ1v) is 5.69. The Balaban J connectivity index is 3.60. The van der Waals surface area contributed by atoms with Gasteiger partial charge in [-0.05, 0) is 20.2 Å². The van der Waals surface area contributed by atoms with E-state index in [0.29, 0.717) is 12.5 Å². The van der Waals surface area contributed by atoms with Crippen LogP contribution in [-0.4, -0.2) is 42.4 Å². The molecule has 1 atom stereocenters. The summed E-state index contributed by atoms with van der Waals surface area (Å²) in [5.74, 6) is 5.95. The lowest BCUT2D eigenvalue weighted by Crippen LogP contribution is -2.36. The Labute approximate surface area is 84.2 Å². The van der Waals surface area contributed by atoms with Crippen molar-refractivity contribution in [1.29, 1.82) is 0 Å². The van der Waals surface area contributed by atoms with Gasteiger partial charge in [0.15, 0.2) is 0 Å². The van der Waals surface area contributed by atoms with Gasteiger partial charge in [0.05, 0.1) is 0 Å². The molecule has 0 heterocycles. The Kier molecular flexibility index (Phi) is 7.03. The van der Waals surface area contributed by atoms with Gasteiger partial charge in [-0.2, -0.15) is 11.8 Å². The number of carbonyl (C=O) groups excluding carboxylic acids is 1. The van der Waals surface area contributed by atoms with E-state index in [-0.39, 0.29) is 5.91 Å². The minimum atomic E-state index is -0.108. The molecule has 0 aliphatic rings. The summed E-state index contributed by atoms with van der Waals surface area (Å²) >= 11 is 1.81. The molecular weight excluding hydrogens is 186 g/mol. The van der Waals surface area contributed by atoms with Gasteiger partial charge < -0.3 is 4.90 Å². The number of hydrogen-bond acceptors (Lipinski definition) is 4. The van der Waals surface area contributed by atoms with Crippen molar-refractivity contribution in [2.75, 3.05) is 25.6 Å². The summed E-state index contributed by atoms with van der Waals surface area (Å²) < 4.78 is 0. The van der Waals surface area contributed by atoms with E-state index in [4.69, 9.17) is 5.84 Å². The predicted molar refractivity (Wildman–Crippen MR) is 57.4 cm³/mol. The lowest BCUT2D eigenvalue weighted by atomic mass is 10.3. The zero-order valence-electron chi connectivity index (χ0n) is 8.54. The number of nitrogens with zero attached hydrogens (tertiary/aromatic N) is 1. The minimum Gasteiger partial charge on any atom is -0.302 e. The summed E-state index contributed by atoms with van der Waals surface area (Å²) in [5, 5.41) is 0. The van der Waals surface area contributed by atoms with Crippen LogP contribution < -0.4 is 11.3 Å². The van der Waals surface area contributed by atoms with Gasteiger partial charge in [0.25, 0.3) is 0 Å². The molecule has 0 aliphatic carbocycles. The number of hydrazine groups is 1. The highest BCUT2D eigenvalue weighted by molar-refractivity contribution is 7.98. The summed E-state index contributed by atoms with van der Waals surface area (Å²) in [6, 6.07) is 0.501. The molecule has 1 unspecified atom stereocenters. The fourth-order valence-electron chi connectivity index (χ4n) is 0.939. The number of nitrogens with two attached hydrogens (primary N) is 1. The Morgan fingerprint density at radius 3 is 2.77 bits per heavy atom. The second kappa shape index (κ2) is 7.17. The van der Waals surface area contributed by atoms with Gasteiger partial charge in [-0.1, -0.05) is 0 Å². The van der Waals surface area contributed by atoms with E-state index >= 15 is 0 Å². The summed E-state index contributed by atoms with van der Waals surface area (Å²) in [6.45, 7) is 2.90. The maximum Gasteiger partial charge on any atom is 0.235 e. The molecule has 0 bridgehead atoms. The highest BCUT2D eigenvalue weighted by Crippen LogP contribution is 2.03. The maximum atomic E-state index is 10.8. The van der Waals surface area contributed by atoms with Crippen molar-refractivity contribution in [2.24, 2.45) is 5.84 Å². The molecule has 0 spiro atoms. The molecule has 0 radical (unpaired) electrons. The van der Waals surface area contributed by atoms with Crippen LogP contribution in [0.1, 0.15) is 13.3 Å². The first kappa shape index (κ1) is 12.7. The average Bonchev–Trinajstić information content (AvgIpc) is 2.13. The molecular formula is C8H19N3OS. The first-order chi connectivity index (χ1) is 6.11. The van der Waals surface area contributed by atoms with Gasteiger partial charge in [0.2, 0.25) is 5.91 Å². The van der Waals surface area contributed by atoms with Crippen molar-refractivity contribution in [3.05, 3.63) is 0 Å². The van der Waals surface area contributed by atoms with Crippen LogP contribution in [-0.2, 0) is 4.79 Å². The van der Waals surface area contributed by atoms with Crippen molar-refractivity contribution < 1.29 is 4.79 Å². The molecule has 4 nitrogen and oxygen atoms in total. The molecule has 0 fully saturated rings. The predicted octanol–water partition coefficient (Wildman–Crippen LogP) is 0.0497. The van der Waals surface area contributed by atoms with E-state index in [9.17, 15) is 4.79 Å². The SMILES string of the molecule is CSCC(C)N(C)CCC(=O)NN. The number of hydrogen-bond donors (Lipinski definition) is 2. The van der Waals surface area contributed by atoms with Crippen LogP contribution in [0.15, 0.2) is 0 Å². The molecule has 3 N–H and O–H groups in total. The average molecular weight is 205 g/mol. The van der Waals surface area contributed by atoms with E-state index in [1.807, 2.05) is 18.8 Å². The minimum absolute atomic E-state index is 0.108. The van der Waals surface area contributed by atoms with Crippen molar-refractivity contribution in [1.82, 2.24) is 10.3 Å². The number of amides is 1. The second-order valence-electron chi connectivity index (χ2n) is 3.10. The van der Waals surface area contributed by atoms with Gasteiger partial charge in [-0.15, -0.1) is 0 Å². The van der Waals surface area contributed by atoms with Gasteiger partial charge in [0, 0.05) is 24.8 Å².